The first kappa shape index (κ1) is 16.6. The van der Waals surface area contributed by atoms with E-state index >= 15 is 0 Å². The van der Waals surface area contributed by atoms with Crippen LogP contribution in [0.1, 0.15) is 16.7 Å². The van der Waals surface area contributed by atoms with Gasteiger partial charge in [-0.1, -0.05) is 30.3 Å². The molecule has 0 radical (unpaired) electrons. The van der Waals surface area contributed by atoms with Crippen molar-refractivity contribution in [1.29, 1.82) is 0 Å². The quantitative estimate of drug-likeness (QED) is 0.837. The lowest BCUT2D eigenvalue weighted by Gasteiger charge is -2.09. The van der Waals surface area contributed by atoms with Crippen LogP contribution in [0.2, 0.25) is 0 Å². The molecule has 2 amide bonds. The van der Waals surface area contributed by atoms with Gasteiger partial charge in [-0.05, 0) is 42.3 Å². The van der Waals surface area contributed by atoms with Crippen molar-refractivity contribution in [2.24, 2.45) is 0 Å². The molecule has 120 valence electrons. The first-order valence-electron chi connectivity index (χ1n) is 6.83. The zero-order valence-corrected chi connectivity index (χ0v) is 12.3. The smallest absolute Gasteiger partial charge is 0.314 e. The van der Waals surface area contributed by atoms with Crippen molar-refractivity contribution in [1.82, 2.24) is 5.32 Å². The van der Waals surface area contributed by atoms with E-state index in [1.165, 1.54) is 18.3 Å². The molecule has 2 rings (SSSR count). The molecule has 0 heterocycles. The van der Waals surface area contributed by atoms with E-state index in [0.717, 1.165) is 23.3 Å². The fourth-order valence-electron chi connectivity index (χ4n) is 1.92. The lowest BCUT2D eigenvalue weighted by molar-refractivity contribution is -0.137. The monoisotopic (exact) mass is 320 g/mol. The summed E-state index contributed by atoms with van der Waals surface area (Å²) in [6.07, 6.45) is -1.30. The Bertz CT molecular complexity index is 724. The lowest BCUT2D eigenvalue weighted by Crippen LogP contribution is -2.24. The molecule has 0 spiro atoms. The molecule has 3 nitrogen and oxygen atoms in total. The van der Waals surface area contributed by atoms with Gasteiger partial charge in [0.25, 0.3) is 0 Å². The van der Waals surface area contributed by atoms with Gasteiger partial charge < -0.3 is 10.6 Å². The van der Waals surface area contributed by atoms with Crippen molar-refractivity contribution < 1.29 is 18.0 Å². The normalized spacial score (nSPS) is 11.5. The number of nitrogens with one attached hydrogen (secondary N) is 2. The van der Waals surface area contributed by atoms with Crippen LogP contribution in [0.4, 0.5) is 23.7 Å². The molecule has 2 aromatic carbocycles. The largest absolute Gasteiger partial charge is 0.416 e. The summed E-state index contributed by atoms with van der Waals surface area (Å²) in [4.78, 5) is 11.7. The van der Waals surface area contributed by atoms with Crippen molar-refractivity contribution in [3.63, 3.8) is 0 Å². The van der Waals surface area contributed by atoms with Gasteiger partial charge in [0.1, 0.15) is 0 Å². The molecule has 0 saturated heterocycles. The Morgan fingerprint density at radius 3 is 2.52 bits per heavy atom. The van der Waals surface area contributed by atoms with E-state index < -0.39 is 17.8 Å². The van der Waals surface area contributed by atoms with Gasteiger partial charge in [-0.3, -0.25) is 0 Å². The molecule has 0 unspecified atom stereocenters. The maximum atomic E-state index is 12.6. The summed E-state index contributed by atoms with van der Waals surface area (Å²) in [6, 6.07) is 11.4. The summed E-state index contributed by atoms with van der Waals surface area (Å²) in [6.45, 7) is 1.93. The highest BCUT2D eigenvalue weighted by Crippen LogP contribution is 2.30. The Hall–Kier alpha value is -2.76. The van der Waals surface area contributed by atoms with Crippen LogP contribution < -0.4 is 10.6 Å². The predicted octanol–water partition coefficient (Wildman–Crippen LogP) is 4.81. The van der Waals surface area contributed by atoms with Crippen LogP contribution in [-0.2, 0) is 6.18 Å². The second kappa shape index (κ2) is 7.00. The third-order valence-corrected chi connectivity index (χ3v) is 3.11. The molecule has 0 aliphatic carbocycles. The second-order valence-corrected chi connectivity index (χ2v) is 4.87. The zero-order chi connectivity index (χ0) is 16.9. The molecule has 0 fully saturated rings. The molecule has 23 heavy (non-hydrogen) atoms. The lowest BCUT2D eigenvalue weighted by atomic mass is 10.1. The Balaban J connectivity index is 1.97. The van der Waals surface area contributed by atoms with Crippen LogP contribution in [0.15, 0.2) is 54.7 Å². The highest BCUT2D eigenvalue weighted by Gasteiger charge is 2.30. The minimum Gasteiger partial charge on any atom is -0.314 e. The minimum atomic E-state index is -4.45. The molecule has 0 aliphatic rings. The van der Waals surface area contributed by atoms with Gasteiger partial charge in [0, 0.05) is 11.9 Å². The first-order chi connectivity index (χ1) is 10.9. The Kier molecular flexibility index (Phi) is 5.05. The number of carbonyl (C=O) groups excluding carboxylic acids is 1. The number of rotatable bonds is 3. The number of hydrogen-bond acceptors (Lipinski definition) is 1. The summed E-state index contributed by atoms with van der Waals surface area (Å²) in [7, 11) is 0. The number of benzene rings is 2. The van der Waals surface area contributed by atoms with E-state index in [9.17, 15) is 18.0 Å². The Morgan fingerprint density at radius 1 is 1.09 bits per heavy atom. The summed E-state index contributed by atoms with van der Waals surface area (Å²) in [5.41, 5.74) is 1.24. The van der Waals surface area contributed by atoms with Gasteiger partial charge in [0.15, 0.2) is 0 Å². The van der Waals surface area contributed by atoms with Crippen molar-refractivity contribution in [2.45, 2.75) is 13.1 Å². The van der Waals surface area contributed by atoms with Gasteiger partial charge in [0.05, 0.1) is 5.56 Å². The van der Waals surface area contributed by atoms with Crippen molar-refractivity contribution in [3.8, 4) is 0 Å². The van der Waals surface area contributed by atoms with E-state index in [0.29, 0.717) is 0 Å². The van der Waals surface area contributed by atoms with Crippen LogP contribution >= 0.6 is 0 Å². The van der Waals surface area contributed by atoms with Crippen molar-refractivity contribution >= 4 is 17.8 Å². The number of aryl methyl sites for hydroxylation is 1. The zero-order valence-electron chi connectivity index (χ0n) is 12.3. The summed E-state index contributed by atoms with van der Waals surface area (Å²) >= 11 is 0. The molecule has 0 aliphatic heterocycles. The minimum absolute atomic E-state index is 0.0709. The van der Waals surface area contributed by atoms with Crippen LogP contribution in [0.3, 0.4) is 0 Å². The van der Waals surface area contributed by atoms with Gasteiger partial charge in [-0.2, -0.15) is 13.2 Å². The molecule has 2 aromatic rings. The molecule has 0 aromatic heterocycles. The number of alkyl halides is 3. The van der Waals surface area contributed by atoms with E-state index in [4.69, 9.17) is 0 Å². The number of carbonyl (C=O) groups is 1. The molecular formula is C17H15F3N2O. The second-order valence-electron chi connectivity index (χ2n) is 4.87. The maximum Gasteiger partial charge on any atom is 0.416 e. The van der Waals surface area contributed by atoms with Crippen LogP contribution in [0.25, 0.3) is 6.08 Å². The molecule has 0 saturated carbocycles. The average Bonchev–Trinajstić information content (AvgIpc) is 2.48. The highest BCUT2D eigenvalue weighted by molar-refractivity contribution is 5.90. The molecular weight excluding hydrogens is 305 g/mol. The topological polar surface area (TPSA) is 41.1 Å². The van der Waals surface area contributed by atoms with Crippen LogP contribution in [0.5, 0.6) is 0 Å². The number of anilines is 1. The Morgan fingerprint density at radius 2 is 1.83 bits per heavy atom. The Labute approximate surface area is 131 Å². The highest BCUT2D eigenvalue weighted by atomic mass is 19.4. The van der Waals surface area contributed by atoms with Crippen molar-refractivity contribution in [2.75, 3.05) is 5.32 Å². The predicted molar refractivity (Wildman–Crippen MR) is 83.8 cm³/mol. The number of hydrogen-bond donors (Lipinski definition) is 2. The standard InChI is InChI=1S/C17H15F3N2O/c1-12-5-2-3-6-13(12)9-10-21-16(23)22-15-8-4-7-14(11-15)17(18,19)20/h2-11H,1H3,(H2,21,22,23)/b10-9+. The van der Waals surface area contributed by atoms with E-state index in [1.807, 2.05) is 31.2 Å². The van der Waals surface area contributed by atoms with E-state index in [2.05, 4.69) is 10.6 Å². The van der Waals surface area contributed by atoms with Gasteiger partial charge in [0.2, 0.25) is 0 Å². The fraction of sp³-hybridized carbons (Fsp3) is 0.118. The number of halogens is 3. The van der Waals surface area contributed by atoms with E-state index in [-0.39, 0.29) is 5.69 Å². The third-order valence-electron chi connectivity index (χ3n) is 3.11. The van der Waals surface area contributed by atoms with Gasteiger partial charge in [-0.15, -0.1) is 0 Å². The third kappa shape index (κ3) is 4.88. The molecule has 2 N–H and O–H groups in total. The van der Waals surface area contributed by atoms with Gasteiger partial charge >= 0.3 is 12.2 Å². The summed E-state index contributed by atoms with van der Waals surface area (Å²) in [5, 5.41) is 4.81. The van der Waals surface area contributed by atoms with Crippen LogP contribution in [0, 0.1) is 6.92 Å². The SMILES string of the molecule is Cc1ccccc1/C=C/NC(=O)Nc1cccc(C(F)(F)F)c1. The number of urea groups is 1. The van der Waals surface area contributed by atoms with Crippen LogP contribution in [-0.4, -0.2) is 6.03 Å². The van der Waals surface area contributed by atoms with E-state index in [1.54, 1.807) is 6.08 Å². The maximum absolute atomic E-state index is 12.6. The van der Waals surface area contributed by atoms with Gasteiger partial charge in [-0.25, -0.2) is 4.79 Å². The number of amides is 2. The molecule has 0 atom stereocenters. The first-order valence-corrected chi connectivity index (χ1v) is 6.83. The van der Waals surface area contributed by atoms with Crippen molar-refractivity contribution in [3.05, 3.63) is 71.4 Å². The molecule has 6 heteroatoms. The molecule has 0 bridgehead atoms. The summed E-state index contributed by atoms with van der Waals surface area (Å²) in [5.74, 6) is 0. The summed E-state index contributed by atoms with van der Waals surface area (Å²) < 4.78 is 37.8. The fourth-order valence-corrected chi connectivity index (χ4v) is 1.92. The average molecular weight is 320 g/mol.